The molecule has 0 spiro atoms. The molecule has 0 aliphatic heterocycles. The lowest BCUT2D eigenvalue weighted by atomic mass is 9.92. The minimum atomic E-state index is 0.969. The van der Waals surface area contributed by atoms with Crippen LogP contribution in [0.2, 0.25) is 0 Å². The maximum Gasteiger partial charge on any atom is -0.0388 e. The molecule has 0 N–H and O–H groups in total. The van der Waals surface area contributed by atoms with Crippen LogP contribution >= 0.6 is 0 Å². The third-order valence-electron chi connectivity index (χ3n) is 3.32. The summed E-state index contributed by atoms with van der Waals surface area (Å²) < 4.78 is 0. The van der Waals surface area contributed by atoms with Crippen LogP contribution in [0, 0.1) is 17.8 Å². The summed E-state index contributed by atoms with van der Waals surface area (Å²) in [4.78, 5) is 0. The van der Waals surface area contributed by atoms with Crippen molar-refractivity contribution in [3.63, 3.8) is 0 Å². The van der Waals surface area contributed by atoms with Gasteiger partial charge in [0.2, 0.25) is 0 Å². The van der Waals surface area contributed by atoms with Gasteiger partial charge in [0.25, 0.3) is 0 Å². The van der Waals surface area contributed by atoms with Gasteiger partial charge in [-0.15, -0.1) is 0 Å². The summed E-state index contributed by atoms with van der Waals surface area (Å²) in [7, 11) is 0. The van der Waals surface area contributed by atoms with Gasteiger partial charge in [-0.2, -0.15) is 0 Å². The molecule has 12 heavy (non-hydrogen) atoms. The Kier molecular flexibility index (Phi) is 4.11. The van der Waals surface area contributed by atoms with Crippen LogP contribution in [-0.2, 0) is 0 Å². The van der Waals surface area contributed by atoms with E-state index in [2.05, 4.69) is 20.8 Å². The summed E-state index contributed by atoms with van der Waals surface area (Å²) in [6.45, 7) is 7.14. The zero-order valence-corrected chi connectivity index (χ0v) is 8.97. The van der Waals surface area contributed by atoms with Crippen molar-refractivity contribution in [3.05, 3.63) is 0 Å². The van der Waals surface area contributed by atoms with Crippen molar-refractivity contribution in [2.24, 2.45) is 17.8 Å². The van der Waals surface area contributed by atoms with Gasteiger partial charge in [-0.05, 0) is 30.6 Å². The second kappa shape index (κ2) is 4.89. The van der Waals surface area contributed by atoms with E-state index in [1.807, 2.05) is 0 Å². The zero-order valence-electron chi connectivity index (χ0n) is 8.97. The molecule has 0 saturated heterocycles. The predicted molar refractivity (Wildman–Crippen MR) is 55.2 cm³/mol. The van der Waals surface area contributed by atoms with Crippen molar-refractivity contribution >= 4 is 0 Å². The Balaban J connectivity index is 1.99. The molecule has 0 heterocycles. The molecule has 1 aliphatic carbocycles. The van der Waals surface area contributed by atoms with Crippen LogP contribution in [-0.4, -0.2) is 0 Å². The van der Waals surface area contributed by atoms with Crippen molar-refractivity contribution in [2.75, 3.05) is 0 Å². The Morgan fingerprint density at radius 3 is 2.25 bits per heavy atom. The fraction of sp³-hybridized carbons (Fsp3) is 1.00. The third kappa shape index (κ3) is 3.60. The summed E-state index contributed by atoms with van der Waals surface area (Å²) in [6.07, 6.45) is 8.76. The van der Waals surface area contributed by atoms with E-state index in [1.165, 1.54) is 38.5 Å². The Labute approximate surface area is 77.7 Å². The topological polar surface area (TPSA) is 0 Å². The standard InChI is InChI=1S/C12H24/c1-4-5-10(2)6-7-11(3)12-8-9-12/h10-12H,4-9H2,1-3H3. The van der Waals surface area contributed by atoms with Crippen molar-refractivity contribution in [2.45, 2.75) is 59.3 Å². The maximum atomic E-state index is 2.44. The Morgan fingerprint density at radius 2 is 1.75 bits per heavy atom. The first-order chi connectivity index (χ1) is 5.74. The lowest BCUT2D eigenvalue weighted by Gasteiger charge is -2.13. The Morgan fingerprint density at radius 1 is 1.08 bits per heavy atom. The SMILES string of the molecule is CCCC(C)CCC(C)C1CC1. The molecule has 0 aromatic rings. The zero-order chi connectivity index (χ0) is 8.97. The number of hydrogen-bond donors (Lipinski definition) is 0. The molecule has 0 heteroatoms. The van der Waals surface area contributed by atoms with Gasteiger partial charge < -0.3 is 0 Å². The van der Waals surface area contributed by atoms with Gasteiger partial charge in [0.05, 0.1) is 0 Å². The van der Waals surface area contributed by atoms with Crippen molar-refractivity contribution in [1.29, 1.82) is 0 Å². The fourth-order valence-electron chi connectivity index (χ4n) is 2.09. The Hall–Kier alpha value is 0. The highest BCUT2D eigenvalue weighted by Gasteiger charge is 2.27. The van der Waals surface area contributed by atoms with Crippen LogP contribution in [0.4, 0.5) is 0 Å². The lowest BCUT2D eigenvalue weighted by molar-refractivity contribution is 0.384. The van der Waals surface area contributed by atoms with Crippen LogP contribution in [0.15, 0.2) is 0 Å². The first kappa shape index (κ1) is 10.1. The van der Waals surface area contributed by atoms with E-state index in [1.54, 1.807) is 0 Å². The normalized spacial score (nSPS) is 22.2. The van der Waals surface area contributed by atoms with Crippen LogP contribution in [0.3, 0.4) is 0 Å². The molecule has 72 valence electrons. The highest BCUT2D eigenvalue weighted by atomic mass is 14.3. The molecule has 0 aromatic heterocycles. The number of hydrogen-bond acceptors (Lipinski definition) is 0. The molecule has 0 radical (unpaired) electrons. The molecular formula is C12H24. The largest absolute Gasteiger partial charge is 0.0654 e. The lowest BCUT2D eigenvalue weighted by Crippen LogP contribution is -2.01. The van der Waals surface area contributed by atoms with E-state index in [0.717, 1.165) is 17.8 Å². The Bertz CT molecular complexity index is 113. The second-order valence-corrected chi connectivity index (χ2v) is 4.79. The summed E-state index contributed by atoms with van der Waals surface area (Å²) in [5.41, 5.74) is 0. The van der Waals surface area contributed by atoms with Crippen molar-refractivity contribution in [3.8, 4) is 0 Å². The predicted octanol–water partition coefficient (Wildman–Crippen LogP) is 4.25. The van der Waals surface area contributed by atoms with Gasteiger partial charge in [-0.3, -0.25) is 0 Å². The quantitative estimate of drug-likeness (QED) is 0.556. The minimum absolute atomic E-state index is 0.969. The monoisotopic (exact) mass is 168 g/mol. The average Bonchev–Trinajstić information content (AvgIpc) is 2.83. The van der Waals surface area contributed by atoms with Crippen LogP contribution in [0.5, 0.6) is 0 Å². The molecule has 2 unspecified atom stereocenters. The van der Waals surface area contributed by atoms with Gasteiger partial charge in [-0.1, -0.05) is 46.5 Å². The van der Waals surface area contributed by atoms with Gasteiger partial charge in [-0.25, -0.2) is 0 Å². The van der Waals surface area contributed by atoms with E-state index in [0.29, 0.717) is 0 Å². The summed E-state index contributed by atoms with van der Waals surface area (Å²) in [5, 5.41) is 0. The van der Waals surface area contributed by atoms with Gasteiger partial charge >= 0.3 is 0 Å². The molecule has 1 aliphatic rings. The molecular weight excluding hydrogens is 144 g/mol. The molecule has 2 atom stereocenters. The van der Waals surface area contributed by atoms with E-state index in [9.17, 15) is 0 Å². The molecule has 1 fully saturated rings. The van der Waals surface area contributed by atoms with Crippen molar-refractivity contribution < 1.29 is 0 Å². The van der Waals surface area contributed by atoms with Gasteiger partial charge in [0.15, 0.2) is 0 Å². The van der Waals surface area contributed by atoms with Crippen LogP contribution in [0.25, 0.3) is 0 Å². The maximum absolute atomic E-state index is 2.44. The third-order valence-corrected chi connectivity index (χ3v) is 3.32. The van der Waals surface area contributed by atoms with E-state index in [4.69, 9.17) is 0 Å². The van der Waals surface area contributed by atoms with Crippen molar-refractivity contribution in [1.82, 2.24) is 0 Å². The molecule has 1 saturated carbocycles. The molecule has 0 bridgehead atoms. The fourth-order valence-corrected chi connectivity index (χ4v) is 2.09. The molecule has 0 aromatic carbocycles. The first-order valence-corrected chi connectivity index (χ1v) is 5.74. The number of rotatable bonds is 6. The minimum Gasteiger partial charge on any atom is -0.0654 e. The molecule has 0 nitrogen and oxygen atoms in total. The first-order valence-electron chi connectivity index (χ1n) is 5.74. The molecule has 0 amide bonds. The highest BCUT2D eigenvalue weighted by Crippen LogP contribution is 2.39. The van der Waals surface area contributed by atoms with Gasteiger partial charge in [0.1, 0.15) is 0 Å². The highest BCUT2D eigenvalue weighted by molar-refractivity contribution is 4.78. The summed E-state index contributed by atoms with van der Waals surface area (Å²) in [6, 6.07) is 0. The van der Waals surface area contributed by atoms with Crippen LogP contribution in [0.1, 0.15) is 59.3 Å². The average molecular weight is 168 g/mol. The van der Waals surface area contributed by atoms with Crippen LogP contribution < -0.4 is 0 Å². The van der Waals surface area contributed by atoms with Gasteiger partial charge in [0, 0.05) is 0 Å². The summed E-state index contributed by atoms with van der Waals surface area (Å²) in [5.74, 6) is 3.10. The van der Waals surface area contributed by atoms with E-state index in [-0.39, 0.29) is 0 Å². The summed E-state index contributed by atoms with van der Waals surface area (Å²) >= 11 is 0. The molecule has 1 rings (SSSR count). The second-order valence-electron chi connectivity index (χ2n) is 4.79. The van der Waals surface area contributed by atoms with E-state index >= 15 is 0 Å². The smallest absolute Gasteiger partial charge is 0.0388 e. The van der Waals surface area contributed by atoms with E-state index < -0.39 is 0 Å².